The lowest BCUT2D eigenvalue weighted by Gasteiger charge is -2.44. The van der Waals surface area contributed by atoms with Crippen LogP contribution in [0.5, 0.6) is 0 Å². The van der Waals surface area contributed by atoms with Crippen LogP contribution in [-0.4, -0.2) is 46.5 Å². The van der Waals surface area contributed by atoms with Gasteiger partial charge in [0.1, 0.15) is 0 Å². The first-order valence-corrected chi connectivity index (χ1v) is 7.27. The van der Waals surface area contributed by atoms with Gasteiger partial charge in [-0.1, -0.05) is 12.1 Å². The molecule has 1 aromatic carbocycles. The first kappa shape index (κ1) is 11.9. The summed E-state index contributed by atoms with van der Waals surface area (Å²) >= 11 is 0. The van der Waals surface area contributed by atoms with Crippen LogP contribution in [0.2, 0.25) is 0 Å². The second-order valence-electron chi connectivity index (χ2n) is 5.82. The van der Waals surface area contributed by atoms with Gasteiger partial charge in [-0.25, -0.2) is 4.98 Å². The number of rotatable bonds is 2. The van der Waals surface area contributed by atoms with Crippen LogP contribution in [0.15, 0.2) is 24.3 Å². The van der Waals surface area contributed by atoms with Gasteiger partial charge in [0, 0.05) is 12.6 Å². The lowest BCUT2D eigenvalue weighted by Crippen LogP contribution is -2.57. The second kappa shape index (κ2) is 4.59. The molecule has 4 heterocycles. The number of hydrogen-bond acceptors (Lipinski definition) is 3. The lowest BCUT2D eigenvalue weighted by atomic mass is 9.84. The van der Waals surface area contributed by atoms with Gasteiger partial charge >= 0.3 is 0 Å². The summed E-state index contributed by atoms with van der Waals surface area (Å²) in [6.45, 7) is 3.35. The van der Waals surface area contributed by atoms with Gasteiger partial charge in [0.05, 0.1) is 11.0 Å². The van der Waals surface area contributed by atoms with Crippen molar-refractivity contribution >= 4 is 16.9 Å². The van der Waals surface area contributed by atoms with Gasteiger partial charge in [-0.2, -0.15) is 0 Å². The van der Waals surface area contributed by atoms with E-state index in [1.165, 1.54) is 25.9 Å². The maximum Gasteiger partial charge on any atom is 0.287 e. The van der Waals surface area contributed by atoms with Crippen molar-refractivity contribution in [3.63, 3.8) is 0 Å². The number of amides is 1. The van der Waals surface area contributed by atoms with Crippen molar-refractivity contribution in [3.8, 4) is 0 Å². The van der Waals surface area contributed by atoms with Gasteiger partial charge in [-0.15, -0.1) is 0 Å². The van der Waals surface area contributed by atoms with E-state index >= 15 is 0 Å². The molecule has 3 saturated heterocycles. The molecule has 2 bridgehead atoms. The zero-order valence-electron chi connectivity index (χ0n) is 11.3. The summed E-state index contributed by atoms with van der Waals surface area (Å²) in [6, 6.07) is 8.00. The summed E-state index contributed by atoms with van der Waals surface area (Å²) in [6.07, 6.45) is 2.40. The fourth-order valence-electron chi connectivity index (χ4n) is 3.43. The third-order valence-corrected chi connectivity index (χ3v) is 4.58. The largest absolute Gasteiger partial charge is 0.345 e. The number of benzene rings is 1. The number of hydrogen-bond donors (Lipinski definition) is 2. The van der Waals surface area contributed by atoms with E-state index in [4.69, 9.17) is 0 Å². The molecule has 5 rings (SSSR count). The molecule has 0 radical (unpaired) electrons. The number of H-pyrrole nitrogens is 1. The van der Waals surface area contributed by atoms with E-state index in [-0.39, 0.29) is 11.9 Å². The van der Waals surface area contributed by atoms with Gasteiger partial charge < -0.3 is 15.2 Å². The molecule has 0 saturated carbocycles. The summed E-state index contributed by atoms with van der Waals surface area (Å²) in [5, 5.41) is 3.15. The second-order valence-corrected chi connectivity index (χ2v) is 5.82. The van der Waals surface area contributed by atoms with Gasteiger partial charge in [0.2, 0.25) is 0 Å². The van der Waals surface area contributed by atoms with E-state index in [9.17, 15) is 4.79 Å². The highest BCUT2D eigenvalue weighted by Crippen LogP contribution is 2.27. The summed E-state index contributed by atoms with van der Waals surface area (Å²) in [5.41, 5.74) is 1.75. The number of fused-ring (bicyclic) bond motifs is 4. The minimum absolute atomic E-state index is 0.0834. The smallest absolute Gasteiger partial charge is 0.287 e. The number of nitrogens with zero attached hydrogens (tertiary/aromatic N) is 2. The molecule has 20 heavy (non-hydrogen) atoms. The Bertz CT molecular complexity index is 609. The number of nitrogens with one attached hydrogen (secondary N) is 2. The van der Waals surface area contributed by atoms with E-state index < -0.39 is 0 Å². The average Bonchev–Trinajstić information content (AvgIpc) is 2.92. The number of carbonyl (C=O) groups is 1. The van der Waals surface area contributed by atoms with E-state index in [0.29, 0.717) is 11.7 Å². The van der Waals surface area contributed by atoms with Crippen LogP contribution in [0, 0.1) is 5.92 Å². The Morgan fingerprint density at radius 2 is 2.10 bits per heavy atom. The SMILES string of the molecule is O=C(N[C@@H]1CN2CCC1CC2)c1nc2ccccc2[nH]1. The highest BCUT2D eigenvalue weighted by molar-refractivity contribution is 5.94. The molecule has 0 unspecified atom stereocenters. The Balaban J connectivity index is 1.52. The predicted octanol–water partition coefficient (Wildman–Crippen LogP) is 1.39. The van der Waals surface area contributed by atoms with Crippen LogP contribution in [-0.2, 0) is 0 Å². The monoisotopic (exact) mass is 270 g/mol. The van der Waals surface area contributed by atoms with E-state index in [1.807, 2.05) is 24.3 Å². The summed E-state index contributed by atoms with van der Waals surface area (Å²) in [5.74, 6) is 0.968. The van der Waals surface area contributed by atoms with Gasteiger partial charge in [0.25, 0.3) is 5.91 Å². The van der Waals surface area contributed by atoms with Crippen molar-refractivity contribution in [1.82, 2.24) is 20.2 Å². The first-order valence-electron chi connectivity index (χ1n) is 7.27. The van der Waals surface area contributed by atoms with Crippen molar-refractivity contribution in [3.05, 3.63) is 30.1 Å². The molecule has 104 valence electrons. The van der Waals surface area contributed by atoms with Gasteiger partial charge in [0.15, 0.2) is 5.82 Å². The maximum absolute atomic E-state index is 12.3. The topological polar surface area (TPSA) is 61.0 Å². The number of aromatic amines is 1. The normalized spacial score (nSPS) is 28.7. The van der Waals surface area contributed by atoms with E-state index in [2.05, 4.69) is 20.2 Å². The molecule has 5 heteroatoms. The zero-order valence-corrected chi connectivity index (χ0v) is 11.3. The standard InChI is InChI=1S/C15H18N4O/c20-15(14-16-11-3-1-2-4-12(11)17-14)18-13-9-19-7-5-10(13)6-8-19/h1-4,10,13H,5-9H2,(H,16,17)(H,18,20)/t13-/m1/s1. The van der Waals surface area contributed by atoms with Crippen LogP contribution in [0.1, 0.15) is 23.5 Å². The highest BCUT2D eigenvalue weighted by atomic mass is 16.2. The molecule has 1 amide bonds. The van der Waals surface area contributed by atoms with Crippen LogP contribution in [0.3, 0.4) is 0 Å². The molecule has 2 aromatic rings. The summed E-state index contributed by atoms with van der Waals surface area (Å²) < 4.78 is 0. The molecule has 3 fully saturated rings. The van der Waals surface area contributed by atoms with Crippen LogP contribution < -0.4 is 5.32 Å². The molecule has 1 atom stereocenters. The fourth-order valence-corrected chi connectivity index (χ4v) is 3.43. The highest BCUT2D eigenvalue weighted by Gasteiger charge is 2.35. The Labute approximate surface area is 117 Å². The van der Waals surface area contributed by atoms with Crippen LogP contribution >= 0.6 is 0 Å². The quantitative estimate of drug-likeness (QED) is 0.867. The van der Waals surface area contributed by atoms with Crippen molar-refractivity contribution < 1.29 is 4.79 Å². The average molecular weight is 270 g/mol. The third kappa shape index (κ3) is 1.98. The fraction of sp³-hybridized carbons (Fsp3) is 0.467. The molecule has 3 aliphatic rings. The number of piperidine rings is 3. The summed E-state index contributed by atoms with van der Waals surface area (Å²) in [7, 11) is 0. The minimum atomic E-state index is -0.0834. The van der Waals surface area contributed by atoms with E-state index in [1.54, 1.807) is 0 Å². The molecule has 2 N–H and O–H groups in total. The van der Waals surface area contributed by atoms with Crippen molar-refractivity contribution in [2.75, 3.05) is 19.6 Å². The van der Waals surface area contributed by atoms with Crippen LogP contribution in [0.25, 0.3) is 11.0 Å². The Hall–Kier alpha value is -1.88. The Morgan fingerprint density at radius 1 is 1.30 bits per heavy atom. The third-order valence-electron chi connectivity index (χ3n) is 4.58. The van der Waals surface area contributed by atoms with Crippen molar-refractivity contribution in [2.24, 2.45) is 5.92 Å². The first-order chi connectivity index (χ1) is 9.79. The number of carbonyl (C=O) groups excluding carboxylic acids is 1. The predicted molar refractivity (Wildman–Crippen MR) is 76.5 cm³/mol. The number of para-hydroxylation sites is 2. The molecule has 5 nitrogen and oxygen atoms in total. The van der Waals surface area contributed by atoms with Gasteiger partial charge in [-0.3, -0.25) is 4.79 Å². The van der Waals surface area contributed by atoms with Crippen molar-refractivity contribution in [1.29, 1.82) is 0 Å². The van der Waals surface area contributed by atoms with Gasteiger partial charge in [-0.05, 0) is 44.0 Å². The Kier molecular flexibility index (Phi) is 2.73. The van der Waals surface area contributed by atoms with E-state index in [0.717, 1.165) is 17.6 Å². The van der Waals surface area contributed by atoms with Crippen LogP contribution in [0.4, 0.5) is 0 Å². The zero-order chi connectivity index (χ0) is 13.5. The molecule has 0 aliphatic carbocycles. The number of aromatic nitrogens is 2. The van der Waals surface area contributed by atoms with Crippen molar-refractivity contribution in [2.45, 2.75) is 18.9 Å². The lowest BCUT2D eigenvalue weighted by molar-refractivity contribution is 0.0615. The number of imidazole rings is 1. The molecular weight excluding hydrogens is 252 g/mol. The molecule has 3 aliphatic heterocycles. The molecular formula is C15H18N4O. The maximum atomic E-state index is 12.3. The minimum Gasteiger partial charge on any atom is -0.345 e. The molecule has 1 aromatic heterocycles. The Morgan fingerprint density at radius 3 is 2.80 bits per heavy atom. The summed E-state index contributed by atoms with van der Waals surface area (Å²) in [4.78, 5) is 22.2. The molecule has 0 spiro atoms.